The highest BCUT2D eigenvalue weighted by molar-refractivity contribution is 6.09. The molecule has 2 aromatic rings. The molecule has 2 amide bonds. The molecule has 2 rings (SSSR count). The molecule has 0 unspecified atom stereocenters. The largest absolute Gasteiger partial charge is 0.493 e. The van der Waals surface area contributed by atoms with Crippen LogP contribution in [0.3, 0.4) is 0 Å². The van der Waals surface area contributed by atoms with Crippen LogP contribution in [0.15, 0.2) is 42.5 Å². The molecular weight excluding hydrogens is 370 g/mol. The van der Waals surface area contributed by atoms with Crippen LogP contribution in [0, 0.1) is 0 Å². The van der Waals surface area contributed by atoms with E-state index < -0.39 is 5.54 Å². The van der Waals surface area contributed by atoms with Crippen molar-refractivity contribution in [3.63, 3.8) is 0 Å². The lowest BCUT2D eigenvalue weighted by Crippen LogP contribution is -2.49. The molecule has 0 aliphatic rings. The average molecular weight is 399 g/mol. The molecule has 0 saturated carbocycles. The van der Waals surface area contributed by atoms with Gasteiger partial charge in [-0.15, -0.1) is 0 Å². The monoisotopic (exact) mass is 399 g/mol. The molecule has 0 saturated heterocycles. The van der Waals surface area contributed by atoms with E-state index in [0.717, 1.165) is 12.8 Å². The van der Waals surface area contributed by atoms with Crippen molar-refractivity contribution in [2.24, 2.45) is 5.73 Å². The van der Waals surface area contributed by atoms with E-state index in [2.05, 4.69) is 10.6 Å². The molecule has 0 aromatic heterocycles. The predicted octanol–water partition coefficient (Wildman–Crippen LogP) is 3.20. The number of hydrogen-bond acceptors (Lipinski definition) is 5. The van der Waals surface area contributed by atoms with Gasteiger partial charge in [-0.25, -0.2) is 0 Å². The maximum absolute atomic E-state index is 12.9. The number of hydrogen-bond donors (Lipinski definition) is 3. The van der Waals surface area contributed by atoms with E-state index in [9.17, 15) is 9.59 Å². The van der Waals surface area contributed by atoms with Crippen LogP contribution in [0.1, 0.15) is 47.4 Å². The SMILES string of the molecule is CCC(N)(CC)CNC(=O)c1cc(OC)c(OC)cc1NC(=O)c1ccccc1. The topological polar surface area (TPSA) is 103 Å². The van der Waals surface area contributed by atoms with Crippen molar-refractivity contribution >= 4 is 17.5 Å². The Kier molecular flexibility index (Phi) is 7.61. The first kappa shape index (κ1) is 22.2. The summed E-state index contributed by atoms with van der Waals surface area (Å²) in [6.45, 7) is 4.29. The van der Waals surface area contributed by atoms with Crippen LogP contribution in [-0.2, 0) is 0 Å². The van der Waals surface area contributed by atoms with E-state index in [1.807, 2.05) is 19.9 Å². The molecule has 0 fully saturated rings. The van der Waals surface area contributed by atoms with E-state index in [4.69, 9.17) is 15.2 Å². The number of benzene rings is 2. The fourth-order valence-corrected chi connectivity index (χ4v) is 2.81. The van der Waals surface area contributed by atoms with E-state index in [-0.39, 0.29) is 17.4 Å². The first-order valence-electron chi connectivity index (χ1n) is 9.57. The van der Waals surface area contributed by atoms with Crippen LogP contribution >= 0.6 is 0 Å². The summed E-state index contributed by atoms with van der Waals surface area (Å²) in [6.07, 6.45) is 1.46. The van der Waals surface area contributed by atoms with Gasteiger partial charge in [-0.2, -0.15) is 0 Å². The Morgan fingerprint density at radius 2 is 1.55 bits per heavy atom. The molecule has 0 aliphatic carbocycles. The van der Waals surface area contributed by atoms with Gasteiger partial charge in [0.2, 0.25) is 0 Å². The molecule has 0 aliphatic heterocycles. The quantitative estimate of drug-likeness (QED) is 0.601. The molecule has 0 atom stereocenters. The van der Waals surface area contributed by atoms with Gasteiger partial charge >= 0.3 is 0 Å². The minimum absolute atomic E-state index is 0.265. The molecule has 0 radical (unpaired) electrons. The summed E-state index contributed by atoms with van der Waals surface area (Å²) in [7, 11) is 2.98. The fraction of sp³-hybridized carbons (Fsp3) is 0.364. The first-order valence-corrected chi connectivity index (χ1v) is 9.57. The molecule has 0 heterocycles. The van der Waals surface area contributed by atoms with Crippen LogP contribution in [0.2, 0.25) is 0 Å². The minimum atomic E-state index is -0.486. The van der Waals surface area contributed by atoms with E-state index in [1.165, 1.54) is 14.2 Å². The lowest BCUT2D eigenvalue weighted by Gasteiger charge is -2.27. The van der Waals surface area contributed by atoms with Crippen LogP contribution in [0.25, 0.3) is 0 Å². The second-order valence-corrected chi connectivity index (χ2v) is 6.83. The van der Waals surface area contributed by atoms with Gasteiger partial charge in [-0.05, 0) is 31.0 Å². The van der Waals surface area contributed by atoms with Gasteiger partial charge in [-0.3, -0.25) is 9.59 Å². The minimum Gasteiger partial charge on any atom is -0.493 e. The van der Waals surface area contributed by atoms with Crippen LogP contribution < -0.4 is 25.8 Å². The number of amides is 2. The number of methoxy groups -OCH3 is 2. The highest BCUT2D eigenvalue weighted by Crippen LogP contribution is 2.33. The Hall–Kier alpha value is -3.06. The normalized spacial score (nSPS) is 10.9. The zero-order valence-electron chi connectivity index (χ0n) is 17.4. The maximum Gasteiger partial charge on any atom is 0.255 e. The number of carbonyl (C=O) groups excluding carboxylic acids is 2. The predicted molar refractivity (Wildman–Crippen MR) is 114 cm³/mol. The van der Waals surface area contributed by atoms with Gasteiger partial charge in [0.05, 0.1) is 25.5 Å². The summed E-state index contributed by atoms with van der Waals surface area (Å²) in [4.78, 5) is 25.5. The summed E-state index contributed by atoms with van der Waals surface area (Å²) >= 11 is 0. The third kappa shape index (κ3) is 5.48. The number of rotatable bonds is 9. The standard InChI is InChI=1S/C22H29N3O4/c1-5-22(23,6-2)14-24-21(27)16-12-18(28-3)19(29-4)13-17(16)25-20(26)15-10-8-7-9-11-15/h7-13H,5-6,14,23H2,1-4H3,(H,24,27)(H,25,26). The van der Waals surface area contributed by atoms with Crippen molar-refractivity contribution in [1.82, 2.24) is 5.32 Å². The Bertz CT molecular complexity index is 849. The highest BCUT2D eigenvalue weighted by Gasteiger charge is 2.24. The highest BCUT2D eigenvalue weighted by atomic mass is 16.5. The molecule has 0 bridgehead atoms. The van der Waals surface area contributed by atoms with Crippen molar-refractivity contribution in [1.29, 1.82) is 0 Å². The molecule has 4 N–H and O–H groups in total. The fourth-order valence-electron chi connectivity index (χ4n) is 2.81. The van der Waals surface area contributed by atoms with Gasteiger partial charge in [0, 0.05) is 23.7 Å². The van der Waals surface area contributed by atoms with Crippen LogP contribution in [0.5, 0.6) is 11.5 Å². The number of anilines is 1. The van der Waals surface area contributed by atoms with E-state index >= 15 is 0 Å². The van der Waals surface area contributed by atoms with Gasteiger partial charge < -0.3 is 25.8 Å². The van der Waals surface area contributed by atoms with Gasteiger partial charge in [-0.1, -0.05) is 32.0 Å². The summed E-state index contributed by atoms with van der Waals surface area (Å²) < 4.78 is 10.6. The van der Waals surface area contributed by atoms with Crippen molar-refractivity contribution < 1.29 is 19.1 Å². The lowest BCUT2D eigenvalue weighted by atomic mass is 9.94. The third-order valence-corrected chi connectivity index (χ3v) is 5.06. The summed E-state index contributed by atoms with van der Waals surface area (Å²) in [6, 6.07) is 11.9. The second kappa shape index (κ2) is 9.93. The Balaban J connectivity index is 2.35. The van der Waals surface area contributed by atoms with Gasteiger partial charge in [0.1, 0.15) is 0 Å². The molecule has 156 valence electrons. The van der Waals surface area contributed by atoms with Crippen molar-refractivity contribution in [3.8, 4) is 11.5 Å². The molecule has 0 spiro atoms. The zero-order valence-corrected chi connectivity index (χ0v) is 17.4. The second-order valence-electron chi connectivity index (χ2n) is 6.83. The van der Waals surface area contributed by atoms with E-state index in [0.29, 0.717) is 29.3 Å². The maximum atomic E-state index is 12.9. The van der Waals surface area contributed by atoms with Gasteiger partial charge in [0.25, 0.3) is 11.8 Å². The Morgan fingerprint density at radius 1 is 0.966 bits per heavy atom. The van der Waals surface area contributed by atoms with Crippen LogP contribution in [0.4, 0.5) is 5.69 Å². The Morgan fingerprint density at radius 3 is 2.10 bits per heavy atom. The summed E-state index contributed by atoms with van der Waals surface area (Å²) in [5, 5.41) is 5.66. The number of carbonyl (C=O) groups is 2. The Labute approximate surface area is 171 Å². The lowest BCUT2D eigenvalue weighted by molar-refractivity contribution is 0.0942. The molecule has 7 heteroatoms. The van der Waals surface area contributed by atoms with Crippen molar-refractivity contribution in [2.45, 2.75) is 32.2 Å². The third-order valence-electron chi connectivity index (χ3n) is 5.06. The van der Waals surface area contributed by atoms with Crippen molar-refractivity contribution in [2.75, 3.05) is 26.1 Å². The smallest absolute Gasteiger partial charge is 0.255 e. The first-order chi connectivity index (χ1) is 13.9. The van der Waals surface area contributed by atoms with Gasteiger partial charge in [0.15, 0.2) is 11.5 Å². The summed E-state index contributed by atoms with van der Waals surface area (Å²) in [5.74, 6) is 0.108. The number of nitrogens with one attached hydrogen (secondary N) is 2. The number of ether oxygens (including phenoxy) is 2. The summed E-state index contributed by atoms with van der Waals surface area (Å²) in [5.41, 5.74) is 6.87. The number of nitrogens with two attached hydrogens (primary N) is 1. The molecule has 2 aromatic carbocycles. The van der Waals surface area contributed by atoms with Crippen LogP contribution in [-0.4, -0.2) is 38.1 Å². The molecular formula is C22H29N3O4. The molecule has 29 heavy (non-hydrogen) atoms. The molecule has 7 nitrogen and oxygen atoms in total. The van der Waals surface area contributed by atoms with E-state index in [1.54, 1.807) is 36.4 Å². The zero-order chi connectivity index (χ0) is 21.4. The van der Waals surface area contributed by atoms with Crippen molar-refractivity contribution in [3.05, 3.63) is 53.6 Å². The average Bonchev–Trinajstić information content (AvgIpc) is 2.77.